The first-order chi connectivity index (χ1) is 9.51. The van der Waals surface area contributed by atoms with Crippen molar-refractivity contribution < 1.29 is 19.4 Å². The zero-order chi connectivity index (χ0) is 14.7. The van der Waals surface area contributed by atoms with Gasteiger partial charge in [-0.1, -0.05) is 12.1 Å². The van der Waals surface area contributed by atoms with Crippen LogP contribution in [0.3, 0.4) is 0 Å². The molecule has 0 bridgehead atoms. The SMILES string of the molecule is COc1ccc(C[C@@H](C(=O)O)N2CC(S)CC2=O)cc1. The number of thiol groups is 1. The number of nitrogens with zero attached hydrogens (tertiary/aromatic N) is 1. The Kier molecular flexibility index (Phi) is 4.54. The van der Waals surface area contributed by atoms with Crippen LogP contribution in [-0.4, -0.2) is 46.8 Å². The molecular formula is C14H17NO4S. The lowest BCUT2D eigenvalue weighted by Gasteiger charge is -2.24. The van der Waals surface area contributed by atoms with E-state index < -0.39 is 12.0 Å². The van der Waals surface area contributed by atoms with Crippen LogP contribution >= 0.6 is 12.6 Å². The summed E-state index contributed by atoms with van der Waals surface area (Å²) in [7, 11) is 1.57. The number of benzene rings is 1. The van der Waals surface area contributed by atoms with E-state index in [-0.39, 0.29) is 17.6 Å². The van der Waals surface area contributed by atoms with Gasteiger partial charge in [0.25, 0.3) is 0 Å². The summed E-state index contributed by atoms with van der Waals surface area (Å²) < 4.78 is 5.06. The van der Waals surface area contributed by atoms with Crippen LogP contribution < -0.4 is 4.74 Å². The number of methoxy groups -OCH3 is 1. The van der Waals surface area contributed by atoms with E-state index in [0.29, 0.717) is 18.7 Å². The second-order valence-electron chi connectivity index (χ2n) is 4.81. The van der Waals surface area contributed by atoms with E-state index >= 15 is 0 Å². The van der Waals surface area contributed by atoms with Crippen LogP contribution in [0, 0.1) is 0 Å². The maximum atomic E-state index is 11.8. The number of likely N-dealkylation sites (tertiary alicyclic amines) is 1. The number of ether oxygens (including phenoxy) is 1. The highest BCUT2D eigenvalue weighted by atomic mass is 32.1. The number of aliphatic carboxylic acids is 1. The third kappa shape index (κ3) is 3.25. The van der Waals surface area contributed by atoms with E-state index in [2.05, 4.69) is 12.6 Å². The Morgan fingerprint density at radius 2 is 2.15 bits per heavy atom. The minimum atomic E-state index is -0.989. The van der Waals surface area contributed by atoms with Crippen molar-refractivity contribution in [3.8, 4) is 5.75 Å². The minimum Gasteiger partial charge on any atom is -0.497 e. The van der Waals surface area contributed by atoms with Gasteiger partial charge in [-0.25, -0.2) is 4.79 Å². The summed E-state index contributed by atoms with van der Waals surface area (Å²) in [6.45, 7) is 0.384. The van der Waals surface area contributed by atoms with E-state index in [9.17, 15) is 14.7 Å². The van der Waals surface area contributed by atoms with E-state index in [4.69, 9.17) is 4.74 Å². The Bertz CT molecular complexity index is 502. The van der Waals surface area contributed by atoms with E-state index in [1.54, 1.807) is 19.2 Å². The number of carboxylic acid groups (broad SMARTS) is 1. The Balaban J connectivity index is 2.13. The summed E-state index contributed by atoms with van der Waals surface area (Å²) in [5.41, 5.74) is 0.855. The highest BCUT2D eigenvalue weighted by Crippen LogP contribution is 2.22. The Hall–Kier alpha value is -1.69. The molecule has 108 valence electrons. The third-order valence-electron chi connectivity index (χ3n) is 3.39. The molecule has 2 rings (SSSR count). The summed E-state index contributed by atoms with van der Waals surface area (Å²) in [5, 5.41) is 9.27. The van der Waals surface area contributed by atoms with Crippen molar-refractivity contribution in [3.63, 3.8) is 0 Å². The monoisotopic (exact) mass is 295 g/mol. The molecule has 1 N–H and O–H groups in total. The molecule has 1 heterocycles. The summed E-state index contributed by atoms with van der Waals surface area (Å²) in [6, 6.07) is 6.34. The van der Waals surface area contributed by atoms with Crippen LogP contribution in [0.15, 0.2) is 24.3 Å². The maximum Gasteiger partial charge on any atom is 0.326 e. The zero-order valence-corrected chi connectivity index (χ0v) is 12.0. The lowest BCUT2D eigenvalue weighted by molar-refractivity contribution is -0.148. The van der Waals surface area contributed by atoms with Gasteiger partial charge in [0.1, 0.15) is 11.8 Å². The zero-order valence-electron chi connectivity index (χ0n) is 11.2. The second-order valence-corrected chi connectivity index (χ2v) is 5.54. The number of carboxylic acids is 1. The number of amides is 1. The average Bonchev–Trinajstić information content (AvgIpc) is 2.75. The first kappa shape index (κ1) is 14.7. The van der Waals surface area contributed by atoms with Gasteiger partial charge >= 0.3 is 5.97 Å². The van der Waals surface area contributed by atoms with E-state index in [0.717, 1.165) is 5.56 Å². The number of carbonyl (C=O) groups excluding carboxylic acids is 1. The molecular weight excluding hydrogens is 278 g/mol. The molecule has 1 aliphatic heterocycles. The van der Waals surface area contributed by atoms with Crippen LogP contribution in [0.1, 0.15) is 12.0 Å². The van der Waals surface area contributed by atoms with Gasteiger partial charge in [-0.05, 0) is 17.7 Å². The lowest BCUT2D eigenvalue weighted by Crippen LogP contribution is -2.43. The normalized spacial score (nSPS) is 20.0. The Morgan fingerprint density at radius 1 is 1.50 bits per heavy atom. The maximum absolute atomic E-state index is 11.8. The average molecular weight is 295 g/mol. The second kappa shape index (κ2) is 6.17. The quantitative estimate of drug-likeness (QED) is 0.802. The summed E-state index contributed by atoms with van der Waals surface area (Å²) in [5.74, 6) is -0.421. The van der Waals surface area contributed by atoms with Gasteiger partial charge in [0, 0.05) is 24.6 Å². The van der Waals surface area contributed by atoms with Gasteiger partial charge < -0.3 is 14.7 Å². The molecule has 0 saturated carbocycles. The van der Waals surface area contributed by atoms with E-state index in [1.165, 1.54) is 4.90 Å². The predicted molar refractivity (Wildman–Crippen MR) is 77.2 cm³/mol. The molecule has 5 nitrogen and oxygen atoms in total. The van der Waals surface area contributed by atoms with Crippen molar-refractivity contribution in [2.24, 2.45) is 0 Å². The smallest absolute Gasteiger partial charge is 0.326 e. The van der Waals surface area contributed by atoms with Crippen LogP contribution in [0.4, 0.5) is 0 Å². The number of carbonyl (C=O) groups is 2. The molecule has 1 aromatic carbocycles. The highest BCUT2D eigenvalue weighted by molar-refractivity contribution is 7.81. The number of hydrogen-bond donors (Lipinski definition) is 2. The molecule has 6 heteroatoms. The molecule has 0 spiro atoms. The van der Waals surface area contributed by atoms with Crippen molar-refractivity contribution in [1.29, 1.82) is 0 Å². The van der Waals surface area contributed by atoms with Crippen molar-refractivity contribution >= 4 is 24.5 Å². The van der Waals surface area contributed by atoms with Crippen molar-refractivity contribution in [2.45, 2.75) is 24.1 Å². The van der Waals surface area contributed by atoms with Gasteiger partial charge in [0.2, 0.25) is 5.91 Å². The topological polar surface area (TPSA) is 66.8 Å². The van der Waals surface area contributed by atoms with Gasteiger partial charge in [0.05, 0.1) is 7.11 Å². The minimum absolute atomic E-state index is 0.0831. The van der Waals surface area contributed by atoms with Crippen molar-refractivity contribution in [3.05, 3.63) is 29.8 Å². The summed E-state index contributed by atoms with van der Waals surface area (Å²) >= 11 is 4.25. The fraction of sp³-hybridized carbons (Fsp3) is 0.429. The van der Waals surface area contributed by atoms with Gasteiger partial charge in [-0.2, -0.15) is 12.6 Å². The molecule has 20 heavy (non-hydrogen) atoms. The van der Waals surface area contributed by atoms with Crippen LogP contribution in [-0.2, 0) is 16.0 Å². The first-order valence-corrected chi connectivity index (χ1v) is 6.86. The van der Waals surface area contributed by atoms with Gasteiger partial charge in [-0.15, -0.1) is 0 Å². The van der Waals surface area contributed by atoms with Gasteiger partial charge in [0.15, 0.2) is 0 Å². The van der Waals surface area contributed by atoms with Gasteiger partial charge in [-0.3, -0.25) is 4.79 Å². The predicted octanol–water partition coefficient (Wildman–Crippen LogP) is 1.22. The van der Waals surface area contributed by atoms with Crippen LogP contribution in [0.5, 0.6) is 5.75 Å². The highest BCUT2D eigenvalue weighted by Gasteiger charge is 2.36. The third-order valence-corrected chi connectivity index (χ3v) is 3.73. The molecule has 2 atom stereocenters. The Morgan fingerprint density at radius 3 is 2.60 bits per heavy atom. The molecule has 1 amide bonds. The lowest BCUT2D eigenvalue weighted by atomic mass is 10.0. The van der Waals surface area contributed by atoms with Crippen molar-refractivity contribution in [2.75, 3.05) is 13.7 Å². The van der Waals surface area contributed by atoms with Crippen LogP contribution in [0.2, 0.25) is 0 Å². The van der Waals surface area contributed by atoms with E-state index in [1.807, 2.05) is 12.1 Å². The molecule has 1 aromatic rings. The molecule has 0 aliphatic carbocycles. The molecule has 1 aliphatic rings. The fourth-order valence-electron chi connectivity index (χ4n) is 2.33. The molecule has 1 saturated heterocycles. The first-order valence-electron chi connectivity index (χ1n) is 6.34. The number of rotatable bonds is 5. The Labute approximate surface area is 122 Å². The number of hydrogen-bond acceptors (Lipinski definition) is 4. The van der Waals surface area contributed by atoms with Crippen LogP contribution in [0.25, 0.3) is 0 Å². The molecule has 0 aromatic heterocycles. The summed E-state index contributed by atoms with van der Waals surface area (Å²) in [6.07, 6.45) is 0.584. The standard InChI is InChI=1S/C14H17NO4S/c1-19-10-4-2-9(3-5-10)6-12(14(17)18)15-8-11(20)7-13(15)16/h2-5,11-12,20H,6-8H2,1H3,(H,17,18)/t11?,12-/m0/s1. The largest absolute Gasteiger partial charge is 0.497 e. The van der Waals surface area contributed by atoms with Crippen molar-refractivity contribution in [1.82, 2.24) is 4.90 Å². The molecule has 1 fully saturated rings. The molecule has 0 radical (unpaired) electrons. The summed E-state index contributed by atoms with van der Waals surface area (Å²) in [4.78, 5) is 24.6. The fourth-order valence-corrected chi connectivity index (χ4v) is 2.66. The molecule has 1 unspecified atom stereocenters.